The van der Waals surface area contributed by atoms with Gasteiger partial charge in [-0.1, -0.05) is 56.7 Å². The molecule has 0 saturated heterocycles. The number of rotatable bonds is 10. The minimum atomic E-state index is -1.33. The van der Waals surface area contributed by atoms with E-state index in [0.717, 1.165) is 5.56 Å². The Hall–Kier alpha value is -2.83. The molecule has 0 aliphatic carbocycles. The highest BCUT2D eigenvalue weighted by molar-refractivity contribution is 5.92. The molecule has 0 heterocycles. The lowest BCUT2D eigenvalue weighted by Crippen LogP contribution is -2.62. The average Bonchev–Trinajstić information content (AvgIpc) is 2.64. The van der Waals surface area contributed by atoms with Crippen LogP contribution in [0.25, 0.3) is 0 Å². The van der Waals surface area contributed by atoms with Gasteiger partial charge in [0.05, 0.1) is 0 Å². The molecule has 0 saturated carbocycles. The predicted molar refractivity (Wildman–Crippen MR) is 97.4 cm³/mol. The Morgan fingerprint density at radius 2 is 1.96 bits per heavy atom. The van der Waals surface area contributed by atoms with Crippen molar-refractivity contribution in [2.24, 2.45) is 5.92 Å². The van der Waals surface area contributed by atoms with Crippen molar-refractivity contribution >= 4 is 18.0 Å². The average molecular weight is 362 g/mol. The molecule has 3 N–H and O–H groups in total. The molecular weight excluding hydrogens is 336 g/mol. The first-order valence-corrected chi connectivity index (χ1v) is 8.45. The zero-order valence-electron chi connectivity index (χ0n) is 15.2. The Morgan fingerprint density at radius 3 is 2.50 bits per heavy atom. The fourth-order valence-corrected chi connectivity index (χ4v) is 2.58. The summed E-state index contributed by atoms with van der Waals surface area (Å²) in [4.78, 5) is 35.7. The van der Waals surface area contributed by atoms with Crippen LogP contribution in [0.3, 0.4) is 0 Å². The van der Waals surface area contributed by atoms with Crippen LogP contribution in [0.1, 0.15) is 32.3 Å². The minimum absolute atomic E-state index is 0.0636. The summed E-state index contributed by atoms with van der Waals surface area (Å²) >= 11 is 0. The Balaban J connectivity index is 2.91. The van der Waals surface area contributed by atoms with Gasteiger partial charge in [0.25, 0.3) is 0 Å². The predicted octanol–water partition coefficient (Wildman–Crippen LogP) is 2.47. The van der Waals surface area contributed by atoms with Crippen LogP contribution in [0, 0.1) is 5.92 Å². The third-order valence-electron chi connectivity index (χ3n) is 4.26. The van der Waals surface area contributed by atoms with E-state index in [-0.39, 0.29) is 18.9 Å². The van der Waals surface area contributed by atoms with Crippen LogP contribution < -0.4 is 10.6 Å². The van der Waals surface area contributed by atoms with Gasteiger partial charge >= 0.3 is 12.1 Å². The third-order valence-corrected chi connectivity index (χ3v) is 4.26. The molecule has 1 aromatic carbocycles. The molecule has 1 aromatic rings. The van der Waals surface area contributed by atoms with E-state index in [9.17, 15) is 14.4 Å². The molecule has 1 unspecified atom stereocenters. The molecule has 0 aromatic heterocycles. The number of carbonyl (C=O) groups is 3. The summed E-state index contributed by atoms with van der Waals surface area (Å²) in [5, 5.41) is 13.8. The van der Waals surface area contributed by atoms with Gasteiger partial charge in [0.15, 0.2) is 0 Å². The number of carbonyl (C=O) groups excluding carboxylic acids is 2. The molecule has 7 nitrogen and oxygen atoms in total. The molecule has 142 valence electrons. The number of benzene rings is 1. The monoisotopic (exact) mass is 362 g/mol. The van der Waals surface area contributed by atoms with E-state index in [0.29, 0.717) is 6.42 Å². The highest BCUT2D eigenvalue weighted by Crippen LogP contribution is 2.26. The molecule has 2 atom stereocenters. The topological polar surface area (TPSA) is 105 Å². The number of alkyl carbamates (subject to hydrolysis) is 1. The maximum Gasteiger partial charge on any atom is 0.408 e. The van der Waals surface area contributed by atoms with Crippen molar-refractivity contribution < 1.29 is 24.2 Å². The summed E-state index contributed by atoms with van der Waals surface area (Å²) in [6.45, 7) is 6.87. The fraction of sp³-hybridized carbons (Fsp3) is 0.421. The fourth-order valence-electron chi connectivity index (χ4n) is 2.58. The van der Waals surface area contributed by atoms with Gasteiger partial charge in [0.2, 0.25) is 5.91 Å². The first-order valence-electron chi connectivity index (χ1n) is 8.45. The molecule has 0 radical (unpaired) electrons. The SMILES string of the molecule is C=CC[C@@](NC(=O)OCc1ccccc1)(C(=O)NCC(=O)O)C(C)CC. The van der Waals surface area contributed by atoms with Gasteiger partial charge in [0.1, 0.15) is 18.7 Å². The summed E-state index contributed by atoms with van der Waals surface area (Å²) in [6.07, 6.45) is 1.51. The Bertz CT molecular complexity index is 632. The summed E-state index contributed by atoms with van der Waals surface area (Å²) in [6, 6.07) is 9.15. The van der Waals surface area contributed by atoms with Crippen LogP contribution in [0.15, 0.2) is 43.0 Å². The van der Waals surface area contributed by atoms with Gasteiger partial charge < -0.3 is 20.5 Å². The van der Waals surface area contributed by atoms with E-state index >= 15 is 0 Å². The van der Waals surface area contributed by atoms with Crippen molar-refractivity contribution in [2.75, 3.05) is 6.54 Å². The lowest BCUT2D eigenvalue weighted by Gasteiger charge is -2.37. The number of aliphatic carboxylic acids is 1. The minimum Gasteiger partial charge on any atom is -0.480 e. The molecule has 0 aliphatic heterocycles. The highest BCUT2D eigenvalue weighted by Gasteiger charge is 2.43. The lowest BCUT2D eigenvalue weighted by molar-refractivity contribution is -0.139. The molecule has 7 heteroatoms. The summed E-state index contributed by atoms with van der Waals surface area (Å²) in [5.41, 5.74) is -0.518. The molecule has 0 spiro atoms. The van der Waals surface area contributed by atoms with Gasteiger partial charge in [-0.2, -0.15) is 0 Å². The van der Waals surface area contributed by atoms with Crippen molar-refractivity contribution in [3.8, 4) is 0 Å². The smallest absolute Gasteiger partial charge is 0.408 e. The Morgan fingerprint density at radius 1 is 1.31 bits per heavy atom. The number of hydrogen-bond donors (Lipinski definition) is 3. The largest absolute Gasteiger partial charge is 0.480 e. The maximum atomic E-state index is 12.7. The molecule has 2 amide bonds. The summed E-state index contributed by atoms with van der Waals surface area (Å²) in [7, 11) is 0. The van der Waals surface area contributed by atoms with Crippen molar-refractivity contribution in [3.63, 3.8) is 0 Å². The van der Waals surface area contributed by atoms with Gasteiger partial charge in [-0.15, -0.1) is 6.58 Å². The van der Waals surface area contributed by atoms with E-state index in [1.165, 1.54) is 6.08 Å². The standard InChI is InChI=1S/C19H26N2O5/c1-4-11-19(14(3)5-2,17(24)20-12-16(22)23)21-18(25)26-13-15-9-7-6-8-10-15/h4,6-10,14H,1,5,11-13H2,2-3H3,(H,20,24)(H,21,25)(H,22,23)/t14?,19-/m0/s1. The van der Waals surface area contributed by atoms with E-state index in [1.54, 1.807) is 6.92 Å². The van der Waals surface area contributed by atoms with Gasteiger partial charge in [-0.25, -0.2) is 4.79 Å². The zero-order chi connectivity index (χ0) is 19.6. The first kappa shape index (κ1) is 21.2. The van der Waals surface area contributed by atoms with Gasteiger partial charge in [-0.3, -0.25) is 9.59 Å². The van der Waals surface area contributed by atoms with Gasteiger partial charge in [-0.05, 0) is 17.9 Å². The quantitative estimate of drug-likeness (QED) is 0.555. The molecular formula is C19H26N2O5. The van der Waals surface area contributed by atoms with Crippen LogP contribution in [0.5, 0.6) is 0 Å². The molecule has 0 aliphatic rings. The van der Waals surface area contributed by atoms with E-state index in [1.807, 2.05) is 37.3 Å². The van der Waals surface area contributed by atoms with E-state index in [4.69, 9.17) is 9.84 Å². The number of carboxylic acid groups (broad SMARTS) is 1. The number of amides is 2. The zero-order valence-corrected chi connectivity index (χ0v) is 15.2. The van der Waals surface area contributed by atoms with Crippen molar-refractivity contribution in [2.45, 2.75) is 38.8 Å². The first-order chi connectivity index (χ1) is 12.4. The second-order valence-corrected chi connectivity index (χ2v) is 6.04. The third kappa shape index (κ3) is 5.91. The number of carboxylic acids is 1. The van der Waals surface area contributed by atoms with E-state index < -0.39 is 30.1 Å². The Kier molecular flexibility index (Phi) is 8.34. The normalized spacial score (nSPS) is 13.8. The molecule has 1 rings (SSSR count). The number of hydrogen-bond acceptors (Lipinski definition) is 4. The lowest BCUT2D eigenvalue weighted by atomic mass is 9.79. The van der Waals surface area contributed by atoms with Crippen LogP contribution in [-0.4, -0.2) is 35.2 Å². The molecule has 0 bridgehead atoms. The van der Waals surface area contributed by atoms with Crippen LogP contribution in [0.2, 0.25) is 0 Å². The molecule has 0 fully saturated rings. The van der Waals surface area contributed by atoms with Crippen molar-refractivity contribution in [3.05, 3.63) is 48.6 Å². The summed E-state index contributed by atoms with van der Waals surface area (Å²) < 4.78 is 5.22. The van der Waals surface area contributed by atoms with Crippen LogP contribution >= 0.6 is 0 Å². The highest BCUT2D eigenvalue weighted by atomic mass is 16.5. The second kappa shape index (κ2) is 10.2. The maximum absolute atomic E-state index is 12.7. The summed E-state index contributed by atoms with van der Waals surface area (Å²) in [5.74, 6) is -2.01. The van der Waals surface area contributed by atoms with Gasteiger partial charge in [0, 0.05) is 0 Å². The molecule has 26 heavy (non-hydrogen) atoms. The number of ether oxygens (including phenoxy) is 1. The van der Waals surface area contributed by atoms with Crippen LogP contribution in [-0.2, 0) is 20.9 Å². The van der Waals surface area contributed by atoms with Crippen molar-refractivity contribution in [1.82, 2.24) is 10.6 Å². The number of nitrogens with one attached hydrogen (secondary N) is 2. The van der Waals surface area contributed by atoms with E-state index in [2.05, 4.69) is 17.2 Å². The second-order valence-electron chi connectivity index (χ2n) is 6.04. The van der Waals surface area contributed by atoms with Crippen LogP contribution in [0.4, 0.5) is 4.79 Å². The van der Waals surface area contributed by atoms with Crippen molar-refractivity contribution in [1.29, 1.82) is 0 Å². The Labute approximate surface area is 153 Å².